The van der Waals surface area contributed by atoms with Crippen molar-refractivity contribution in [2.45, 2.75) is 26.6 Å². The van der Waals surface area contributed by atoms with Gasteiger partial charge in [-0.15, -0.1) is 11.5 Å². The average Bonchev–Trinajstić information content (AvgIpc) is 2.89. The summed E-state index contributed by atoms with van der Waals surface area (Å²) in [6, 6.07) is 6.80. The summed E-state index contributed by atoms with van der Waals surface area (Å²) in [5, 5.41) is 3.99. The largest absolute Gasteiger partial charge is 0.472 e. The Labute approximate surface area is 134 Å². The summed E-state index contributed by atoms with van der Waals surface area (Å²) in [6.07, 6.45) is 6.93. The second-order valence-electron chi connectivity index (χ2n) is 4.79. The fourth-order valence-electron chi connectivity index (χ4n) is 1.87. The lowest BCUT2D eigenvalue weighted by molar-refractivity contribution is 0.0375. The maximum Gasteiger partial charge on any atom is 0.338 e. The van der Waals surface area contributed by atoms with Crippen molar-refractivity contribution in [1.29, 1.82) is 0 Å². The minimum absolute atomic E-state index is 0.119. The van der Waals surface area contributed by atoms with Gasteiger partial charge >= 0.3 is 5.97 Å². The van der Waals surface area contributed by atoms with Crippen molar-refractivity contribution >= 4 is 18.8 Å². The van der Waals surface area contributed by atoms with Crippen LogP contribution in [-0.4, -0.2) is 21.3 Å². The molecule has 0 unspecified atom stereocenters. The Balaban J connectivity index is 2.27. The number of aromatic nitrogens is 2. The molecule has 0 bridgehead atoms. The van der Waals surface area contributed by atoms with Crippen LogP contribution in [0.15, 0.2) is 30.5 Å². The van der Waals surface area contributed by atoms with Gasteiger partial charge in [0.1, 0.15) is 6.61 Å². The first kappa shape index (κ1) is 16.0. The Morgan fingerprint density at radius 3 is 2.82 bits per heavy atom. The van der Waals surface area contributed by atoms with Gasteiger partial charge < -0.3 is 9.47 Å². The summed E-state index contributed by atoms with van der Waals surface area (Å²) in [6.45, 7) is 3.70. The number of rotatable bonds is 5. The second kappa shape index (κ2) is 7.05. The highest BCUT2D eigenvalue weighted by Gasteiger charge is 2.17. The third-order valence-electron chi connectivity index (χ3n) is 2.81. The van der Waals surface area contributed by atoms with Crippen molar-refractivity contribution in [2.75, 3.05) is 0 Å². The fourth-order valence-corrected chi connectivity index (χ4v) is 2.02. The first-order valence-corrected chi connectivity index (χ1v) is 7.08. The molecule has 2 rings (SSSR count). The van der Waals surface area contributed by atoms with Crippen LogP contribution in [0.1, 0.15) is 35.3 Å². The van der Waals surface area contributed by atoms with E-state index in [0.29, 0.717) is 22.6 Å². The van der Waals surface area contributed by atoms with E-state index in [4.69, 9.17) is 15.9 Å². The zero-order valence-electron chi connectivity index (χ0n) is 12.3. The van der Waals surface area contributed by atoms with E-state index in [1.54, 1.807) is 44.3 Å². The first-order valence-electron chi connectivity index (χ1n) is 6.68. The van der Waals surface area contributed by atoms with E-state index in [-0.39, 0.29) is 12.7 Å². The van der Waals surface area contributed by atoms with E-state index >= 15 is 0 Å². The quantitative estimate of drug-likeness (QED) is 0.523. The molecule has 0 radical (unpaired) electrons. The molecule has 1 aromatic carbocycles. The second-order valence-corrected chi connectivity index (χ2v) is 5.20. The lowest BCUT2D eigenvalue weighted by atomic mass is 10.0. The van der Waals surface area contributed by atoms with Crippen LogP contribution in [0.25, 0.3) is 0 Å². The summed E-state index contributed by atoms with van der Waals surface area (Å²) in [4.78, 5) is 12.2. The molecule has 0 saturated carbocycles. The monoisotopic (exact) mass is 316 g/mol. The lowest BCUT2D eigenvalue weighted by Gasteiger charge is -2.13. The van der Waals surface area contributed by atoms with Crippen LogP contribution in [0, 0.1) is 12.3 Å². The third-order valence-corrected chi connectivity index (χ3v) is 3.03. The van der Waals surface area contributed by atoms with Crippen molar-refractivity contribution in [3.63, 3.8) is 0 Å². The topological polar surface area (TPSA) is 53.4 Å². The van der Waals surface area contributed by atoms with E-state index < -0.39 is 5.97 Å². The number of benzene rings is 1. The van der Waals surface area contributed by atoms with Gasteiger partial charge in [-0.05, 0) is 38.8 Å². The Bertz CT molecular complexity index is 716. The van der Waals surface area contributed by atoms with E-state index in [1.807, 2.05) is 0 Å². The fraction of sp³-hybridized carbons (Fsp3) is 0.250. The number of carbonyl (C=O) groups is 1. The highest BCUT2D eigenvalue weighted by atomic mass is 32.1. The standard InChI is InChI=1S/C16H16N2O3S/c1-4-12-6-5-7-13(16(19)21-11(2)3)14(12)10-20-15-8-9-18(22)17-15/h1,5-9,11,22H,10H2,2-3H3. The minimum Gasteiger partial charge on any atom is -0.472 e. The zero-order valence-corrected chi connectivity index (χ0v) is 13.2. The van der Waals surface area contributed by atoms with Gasteiger partial charge in [-0.25, -0.2) is 8.88 Å². The molecule has 0 fully saturated rings. The highest BCUT2D eigenvalue weighted by Crippen LogP contribution is 2.19. The summed E-state index contributed by atoms with van der Waals surface area (Å²) < 4.78 is 12.1. The number of terminal acetylenes is 1. The van der Waals surface area contributed by atoms with Crippen LogP contribution < -0.4 is 4.74 Å². The molecule has 0 N–H and O–H groups in total. The Morgan fingerprint density at radius 1 is 1.45 bits per heavy atom. The molecule has 0 aliphatic rings. The predicted octanol–water partition coefficient (Wildman–Crippen LogP) is 2.70. The van der Waals surface area contributed by atoms with Gasteiger partial charge in [0.15, 0.2) is 0 Å². The number of esters is 1. The smallest absolute Gasteiger partial charge is 0.338 e. The number of hydrogen-bond donors (Lipinski definition) is 1. The number of nitrogens with zero attached hydrogens (tertiary/aromatic N) is 2. The first-order chi connectivity index (χ1) is 10.5. The van der Waals surface area contributed by atoms with Gasteiger partial charge in [-0.3, -0.25) is 0 Å². The van der Waals surface area contributed by atoms with E-state index in [1.165, 1.54) is 4.09 Å². The molecule has 22 heavy (non-hydrogen) atoms. The maximum atomic E-state index is 12.2. The van der Waals surface area contributed by atoms with E-state index in [2.05, 4.69) is 23.8 Å². The molecular formula is C16H16N2O3S. The summed E-state index contributed by atoms with van der Waals surface area (Å²) in [5.41, 5.74) is 1.59. The van der Waals surface area contributed by atoms with Gasteiger partial charge in [0.05, 0.1) is 11.7 Å². The predicted molar refractivity (Wildman–Crippen MR) is 85.9 cm³/mol. The van der Waals surface area contributed by atoms with Crippen molar-refractivity contribution in [2.24, 2.45) is 0 Å². The van der Waals surface area contributed by atoms with Crippen molar-refractivity contribution in [1.82, 2.24) is 9.19 Å². The molecule has 5 nitrogen and oxygen atoms in total. The molecule has 114 valence electrons. The summed E-state index contributed by atoms with van der Waals surface area (Å²) >= 11 is 4.03. The lowest BCUT2D eigenvalue weighted by Crippen LogP contribution is -2.15. The molecule has 2 aromatic rings. The highest BCUT2D eigenvalue weighted by molar-refractivity contribution is 7.78. The summed E-state index contributed by atoms with van der Waals surface area (Å²) in [5.74, 6) is 2.53. The molecule has 0 saturated heterocycles. The molecule has 6 heteroatoms. The minimum atomic E-state index is -0.426. The van der Waals surface area contributed by atoms with Crippen molar-refractivity contribution in [3.8, 4) is 18.2 Å². The molecule has 0 spiro atoms. The average molecular weight is 316 g/mol. The van der Waals surface area contributed by atoms with Crippen LogP contribution in [0.5, 0.6) is 5.88 Å². The Hall–Kier alpha value is -2.39. The van der Waals surface area contributed by atoms with Crippen molar-refractivity contribution in [3.05, 3.63) is 47.2 Å². The van der Waals surface area contributed by atoms with E-state index in [9.17, 15) is 4.79 Å². The molecule has 0 aliphatic heterocycles. The van der Waals surface area contributed by atoms with Crippen LogP contribution in [0.2, 0.25) is 0 Å². The molecule has 0 aliphatic carbocycles. The van der Waals surface area contributed by atoms with Gasteiger partial charge in [0.2, 0.25) is 5.88 Å². The third kappa shape index (κ3) is 3.83. The molecular weight excluding hydrogens is 300 g/mol. The molecule has 1 aromatic heterocycles. The summed E-state index contributed by atoms with van der Waals surface area (Å²) in [7, 11) is 0. The number of hydrogen-bond acceptors (Lipinski definition) is 5. The normalized spacial score (nSPS) is 10.3. The van der Waals surface area contributed by atoms with Gasteiger partial charge in [0.25, 0.3) is 0 Å². The molecule has 0 amide bonds. The van der Waals surface area contributed by atoms with Crippen LogP contribution >= 0.6 is 12.8 Å². The van der Waals surface area contributed by atoms with E-state index in [0.717, 1.165) is 0 Å². The van der Waals surface area contributed by atoms with Crippen LogP contribution in [-0.2, 0) is 11.3 Å². The van der Waals surface area contributed by atoms with Crippen LogP contribution in [0.3, 0.4) is 0 Å². The zero-order chi connectivity index (χ0) is 16.1. The van der Waals surface area contributed by atoms with Gasteiger partial charge in [0, 0.05) is 23.4 Å². The van der Waals surface area contributed by atoms with Crippen LogP contribution in [0.4, 0.5) is 0 Å². The Morgan fingerprint density at radius 2 is 2.23 bits per heavy atom. The maximum absolute atomic E-state index is 12.2. The molecule has 0 atom stereocenters. The van der Waals surface area contributed by atoms with Crippen molar-refractivity contribution < 1.29 is 14.3 Å². The number of ether oxygens (including phenoxy) is 2. The number of carbonyl (C=O) groups excluding carboxylic acids is 1. The SMILES string of the molecule is C#Cc1cccc(C(=O)OC(C)C)c1COc1ccn(S)n1. The number of thiol groups is 1. The Kier molecular flexibility index (Phi) is 5.12. The van der Waals surface area contributed by atoms with Gasteiger partial charge in [-0.1, -0.05) is 12.0 Å². The van der Waals surface area contributed by atoms with Gasteiger partial charge in [-0.2, -0.15) is 0 Å². The molecule has 1 heterocycles.